The largest absolute Gasteiger partial charge is 0.380 e. The van der Waals surface area contributed by atoms with E-state index in [1.165, 1.54) is 26.8 Å². The summed E-state index contributed by atoms with van der Waals surface area (Å²) in [7, 11) is 0. The molecule has 2 heterocycles. The predicted octanol–water partition coefficient (Wildman–Crippen LogP) is 7.16. The molecule has 0 unspecified atom stereocenters. The lowest BCUT2D eigenvalue weighted by atomic mass is 9.93. The number of aryl methyl sites for hydroxylation is 3. The molecule has 1 aliphatic carbocycles. The zero-order valence-electron chi connectivity index (χ0n) is 16.0. The van der Waals surface area contributed by atoms with E-state index in [0.29, 0.717) is 10.4 Å². The Morgan fingerprint density at radius 1 is 0.867 bits per heavy atom. The van der Waals surface area contributed by atoms with E-state index in [2.05, 4.69) is 5.16 Å². The topological polar surface area (TPSA) is 26.0 Å². The number of benzene rings is 1. The monoisotopic (exact) mass is 443 g/mol. The highest BCUT2D eigenvalue weighted by Gasteiger charge is 2.80. The number of nitrogens with zero attached hydrogens (tertiary/aromatic N) is 1. The molecule has 2 nitrogen and oxygen atoms in total. The third-order valence-electron chi connectivity index (χ3n) is 5.20. The van der Waals surface area contributed by atoms with Crippen LogP contribution in [0, 0.1) is 20.8 Å². The summed E-state index contributed by atoms with van der Waals surface area (Å²) in [6.07, 6.45) is 0. The maximum absolute atomic E-state index is 14.9. The summed E-state index contributed by atoms with van der Waals surface area (Å²) >= 11 is 1.07. The minimum absolute atomic E-state index is 0.163. The highest BCUT2D eigenvalue weighted by molar-refractivity contribution is 7.15. The molecule has 0 saturated heterocycles. The van der Waals surface area contributed by atoms with Gasteiger partial charge in [-0.05, 0) is 38.0 Å². The first-order chi connectivity index (χ1) is 13.9. The quantitative estimate of drug-likeness (QED) is 0.402. The van der Waals surface area contributed by atoms with Crippen LogP contribution in [0.4, 0.5) is 26.3 Å². The van der Waals surface area contributed by atoms with Gasteiger partial charge in [-0.2, -0.15) is 26.3 Å². The summed E-state index contributed by atoms with van der Waals surface area (Å²) in [6.45, 7) is 3.91. The molecule has 1 aromatic carbocycles. The van der Waals surface area contributed by atoms with Crippen LogP contribution in [0.2, 0.25) is 0 Å². The summed E-state index contributed by atoms with van der Waals surface area (Å²) in [5, 5.41) is 3.50. The zero-order valence-corrected chi connectivity index (χ0v) is 16.8. The van der Waals surface area contributed by atoms with E-state index < -0.39 is 34.5 Å². The van der Waals surface area contributed by atoms with Gasteiger partial charge in [0.05, 0.1) is 11.3 Å². The number of hydrogen-bond donors (Lipinski definition) is 0. The first-order valence-corrected chi connectivity index (χ1v) is 9.71. The molecule has 0 spiro atoms. The molecule has 0 atom stereocenters. The Morgan fingerprint density at radius 2 is 1.47 bits per heavy atom. The maximum atomic E-state index is 14.9. The summed E-state index contributed by atoms with van der Waals surface area (Å²) in [6, 6.07) is 9.91. The average Bonchev–Trinajstić information content (AvgIpc) is 3.24. The molecule has 9 heteroatoms. The maximum Gasteiger partial charge on any atom is 0.380 e. The zero-order chi connectivity index (χ0) is 22.1. The lowest BCUT2D eigenvalue weighted by Gasteiger charge is -2.25. The Morgan fingerprint density at radius 3 is 2.03 bits per heavy atom. The van der Waals surface area contributed by atoms with Gasteiger partial charge in [0.1, 0.15) is 5.76 Å². The standard InChI is InChI=1S/C21H15F6NOS/c1-10-16(11(2)29-28-10)18-17(19(22,23)21(26,27)20(18,24)25)14-9-15(30-12(14)3)13-7-5-4-6-8-13/h4-9H,1-3H3. The van der Waals surface area contributed by atoms with Crippen LogP contribution in [0.3, 0.4) is 0 Å². The van der Waals surface area contributed by atoms with Crippen molar-refractivity contribution < 1.29 is 30.9 Å². The number of thiophene rings is 1. The van der Waals surface area contributed by atoms with Crippen LogP contribution in [-0.4, -0.2) is 22.9 Å². The third-order valence-corrected chi connectivity index (χ3v) is 6.29. The van der Waals surface area contributed by atoms with E-state index in [-0.39, 0.29) is 21.9 Å². The van der Waals surface area contributed by atoms with Gasteiger partial charge >= 0.3 is 17.8 Å². The van der Waals surface area contributed by atoms with Gasteiger partial charge in [-0.15, -0.1) is 11.3 Å². The minimum Gasteiger partial charge on any atom is -0.361 e. The van der Waals surface area contributed by atoms with Crippen molar-refractivity contribution in [3.05, 3.63) is 63.9 Å². The van der Waals surface area contributed by atoms with Gasteiger partial charge < -0.3 is 4.52 Å². The molecule has 0 radical (unpaired) electrons. The molecular formula is C21H15F6NOS. The molecule has 1 aliphatic rings. The second kappa shape index (κ2) is 6.47. The molecular weight excluding hydrogens is 428 g/mol. The fourth-order valence-corrected chi connectivity index (χ4v) is 4.76. The molecule has 0 N–H and O–H groups in total. The molecule has 0 saturated carbocycles. The van der Waals surface area contributed by atoms with Crippen molar-refractivity contribution in [1.29, 1.82) is 0 Å². The summed E-state index contributed by atoms with van der Waals surface area (Å²) in [5.41, 5.74) is -3.17. The minimum atomic E-state index is -5.61. The van der Waals surface area contributed by atoms with Crippen molar-refractivity contribution in [2.24, 2.45) is 0 Å². The van der Waals surface area contributed by atoms with Crippen LogP contribution >= 0.6 is 11.3 Å². The van der Waals surface area contributed by atoms with E-state index in [1.54, 1.807) is 30.3 Å². The second-order valence-electron chi connectivity index (χ2n) is 7.12. The van der Waals surface area contributed by atoms with Crippen LogP contribution in [0.25, 0.3) is 21.6 Å². The second-order valence-corrected chi connectivity index (χ2v) is 8.38. The molecule has 3 aromatic rings. The summed E-state index contributed by atoms with van der Waals surface area (Å²) in [4.78, 5) is 0.726. The smallest absolute Gasteiger partial charge is 0.361 e. The number of alkyl halides is 6. The number of allylic oxidation sites excluding steroid dienone is 2. The Bertz CT molecular complexity index is 1140. The van der Waals surface area contributed by atoms with Crippen molar-refractivity contribution in [1.82, 2.24) is 5.16 Å². The van der Waals surface area contributed by atoms with Crippen molar-refractivity contribution >= 4 is 22.5 Å². The van der Waals surface area contributed by atoms with Crippen LogP contribution in [0.1, 0.15) is 27.5 Å². The predicted molar refractivity (Wildman–Crippen MR) is 102 cm³/mol. The Kier molecular flexibility index (Phi) is 4.47. The van der Waals surface area contributed by atoms with Crippen LogP contribution < -0.4 is 0 Å². The highest BCUT2D eigenvalue weighted by atomic mass is 32.1. The first kappa shape index (κ1) is 20.7. The Labute approximate surface area is 171 Å². The fourth-order valence-electron chi connectivity index (χ4n) is 3.73. The first-order valence-electron chi connectivity index (χ1n) is 8.89. The Balaban J connectivity index is 2.07. The molecule has 30 heavy (non-hydrogen) atoms. The molecule has 0 bridgehead atoms. The lowest BCUT2D eigenvalue weighted by molar-refractivity contribution is -0.254. The lowest BCUT2D eigenvalue weighted by Crippen LogP contribution is -2.49. The van der Waals surface area contributed by atoms with Gasteiger partial charge in [0.2, 0.25) is 0 Å². The van der Waals surface area contributed by atoms with E-state index in [9.17, 15) is 26.3 Å². The molecule has 0 fully saturated rings. The van der Waals surface area contributed by atoms with E-state index in [0.717, 1.165) is 11.3 Å². The van der Waals surface area contributed by atoms with Gasteiger partial charge in [0.25, 0.3) is 0 Å². The van der Waals surface area contributed by atoms with Crippen LogP contribution in [0.15, 0.2) is 40.9 Å². The van der Waals surface area contributed by atoms with Crippen LogP contribution in [0.5, 0.6) is 0 Å². The van der Waals surface area contributed by atoms with Crippen molar-refractivity contribution in [2.45, 2.75) is 38.5 Å². The van der Waals surface area contributed by atoms with Gasteiger partial charge in [-0.1, -0.05) is 35.5 Å². The highest BCUT2D eigenvalue weighted by Crippen LogP contribution is 2.65. The van der Waals surface area contributed by atoms with Gasteiger partial charge in [0.15, 0.2) is 0 Å². The number of aromatic nitrogens is 1. The molecule has 0 amide bonds. The van der Waals surface area contributed by atoms with Crippen molar-refractivity contribution in [3.8, 4) is 10.4 Å². The summed E-state index contributed by atoms with van der Waals surface area (Å²) < 4.78 is 93.2. The molecule has 0 aliphatic heterocycles. The summed E-state index contributed by atoms with van der Waals surface area (Å²) in [5.74, 6) is -16.1. The van der Waals surface area contributed by atoms with Gasteiger partial charge in [-0.3, -0.25) is 0 Å². The molecule has 2 aromatic heterocycles. The van der Waals surface area contributed by atoms with Gasteiger partial charge in [0, 0.05) is 20.9 Å². The third kappa shape index (κ3) is 2.60. The molecule has 4 rings (SSSR count). The van der Waals surface area contributed by atoms with Gasteiger partial charge in [-0.25, -0.2) is 0 Å². The number of hydrogen-bond acceptors (Lipinski definition) is 3. The van der Waals surface area contributed by atoms with Crippen molar-refractivity contribution in [3.63, 3.8) is 0 Å². The number of halogens is 6. The Hall–Kier alpha value is -2.55. The average molecular weight is 443 g/mol. The fraction of sp³-hybridized carbons (Fsp3) is 0.286. The normalized spacial score (nSPS) is 19.5. The van der Waals surface area contributed by atoms with E-state index >= 15 is 0 Å². The SMILES string of the molecule is Cc1noc(C)c1C1=C(c2cc(-c3ccccc3)sc2C)C(F)(F)C(F)(F)C1(F)F. The van der Waals surface area contributed by atoms with E-state index in [4.69, 9.17) is 4.52 Å². The van der Waals surface area contributed by atoms with Crippen LogP contribution in [-0.2, 0) is 0 Å². The van der Waals surface area contributed by atoms with E-state index in [1.807, 2.05) is 0 Å². The molecule has 158 valence electrons. The number of rotatable bonds is 3. The van der Waals surface area contributed by atoms with Crippen molar-refractivity contribution in [2.75, 3.05) is 0 Å².